The molecular formula is C12H19N7O. The third-order valence-electron chi connectivity index (χ3n) is 3.03. The van der Waals surface area contributed by atoms with Gasteiger partial charge in [-0.25, -0.2) is 4.68 Å². The molecule has 2 heterocycles. The van der Waals surface area contributed by atoms with E-state index in [9.17, 15) is 4.79 Å². The highest BCUT2D eigenvalue weighted by Gasteiger charge is 2.06. The first-order valence-electron chi connectivity index (χ1n) is 6.69. The van der Waals surface area contributed by atoms with Crippen LogP contribution in [0.25, 0.3) is 0 Å². The van der Waals surface area contributed by atoms with E-state index in [2.05, 4.69) is 25.9 Å². The maximum Gasteiger partial charge on any atom is 0.220 e. The number of nitrogens with zero attached hydrogens (tertiary/aromatic N) is 6. The van der Waals surface area contributed by atoms with Crippen LogP contribution in [0, 0.1) is 6.92 Å². The van der Waals surface area contributed by atoms with Crippen molar-refractivity contribution < 1.29 is 4.79 Å². The third-order valence-corrected chi connectivity index (χ3v) is 3.03. The minimum Gasteiger partial charge on any atom is -0.352 e. The molecule has 0 fully saturated rings. The van der Waals surface area contributed by atoms with Gasteiger partial charge < -0.3 is 5.32 Å². The second-order valence-corrected chi connectivity index (χ2v) is 4.55. The average Bonchev–Trinajstić information content (AvgIpc) is 3.06. The number of aromatic nitrogens is 6. The maximum atomic E-state index is 11.7. The van der Waals surface area contributed by atoms with Gasteiger partial charge in [0.2, 0.25) is 5.91 Å². The average molecular weight is 277 g/mol. The van der Waals surface area contributed by atoms with E-state index in [1.165, 1.54) is 0 Å². The molecule has 0 radical (unpaired) electrons. The van der Waals surface area contributed by atoms with E-state index in [1.807, 2.05) is 24.7 Å². The van der Waals surface area contributed by atoms with Crippen LogP contribution in [0.5, 0.6) is 0 Å². The molecule has 0 saturated carbocycles. The number of hydrogen-bond acceptors (Lipinski definition) is 5. The summed E-state index contributed by atoms with van der Waals surface area (Å²) in [4.78, 5) is 11.7. The van der Waals surface area contributed by atoms with Gasteiger partial charge in [-0.1, -0.05) is 0 Å². The molecule has 0 aromatic carbocycles. The Morgan fingerprint density at radius 3 is 2.90 bits per heavy atom. The van der Waals surface area contributed by atoms with Crippen LogP contribution in [-0.2, 0) is 24.4 Å². The van der Waals surface area contributed by atoms with Gasteiger partial charge in [0.25, 0.3) is 0 Å². The minimum absolute atomic E-state index is 0.0294. The van der Waals surface area contributed by atoms with Crippen molar-refractivity contribution in [2.75, 3.05) is 0 Å². The van der Waals surface area contributed by atoms with Crippen LogP contribution < -0.4 is 5.32 Å². The van der Waals surface area contributed by atoms with Crippen LogP contribution in [0.1, 0.15) is 31.0 Å². The van der Waals surface area contributed by atoms with E-state index in [0.717, 1.165) is 17.8 Å². The van der Waals surface area contributed by atoms with Crippen molar-refractivity contribution in [3.05, 3.63) is 23.8 Å². The molecule has 8 heteroatoms. The van der Waals surface area contributed by atoms with Crippen LogP contribution >= 0.6 is 0 Å². The summed E-state index contributed by atoms with van der Waals surface area (Å²) in [5, 5.41) is 18.1. The first-order valence-corrected chi connectivity index (χ1v) is 6.69. The van der Waals surface area contributed by atoms with Crippen LogP contribution in [0.15, 0.2) is 12.5 Å². The van der Waals surface area contributed by atoms with E-state index in [0.29, 0.717) is 25.9 Å². The first-order chi connectivity index (χ1) is 9.69. The van der Waals surface area contributed by atoms with E-state index in [4.69, 9.17) is 0 Å². The highest BCUT2D eigenvalue weighted by atomic mass is 16.1. The molecule has 2 rings (SSSR count). The number of aryl methyl sites for hydroxylation is 3. The van der Waals surface area contributed by atoms with Gasteiger partial charge >= 0.3 is 0 Å². The molecule has 0 aliphatic rings. The Bertz CT molecular complexity index is 546. The monoisotopic (exact) mass is 277 g/mol. The van der Waals surface area contributed by atoms with Crippen molar-refractivity contribution in [3.8, 4) is 0 Å². The van der Waals surface area contributed by atoms with Gasteiger partial charge in [0.1, 0.15) is 6.33 Å². The third kappa shape index (κ3) is 3.87. The maximum absolute atomic E-state index is 11.7. The molecule has 20 heavy (non-hydrogen) atoms. The molecular weight excluding hydrogens is 258 g/mol. The molecule has 0 unspecified atom stereocenters. The topological polar surface area (TPSA) is 90.5 Å². The van der Waals surface area contributed by atoms with Gasteiger partial charge in [0, 0.05) is 37.8 Å². The lowest BCUT2D eigenvalue weighted by molar-refractivity contribution is -0.121. The molecule has 0 spiro atoms. The Balaban J connectivity index is 1.70. The Kier molecular flexibility index (Phi) is 4.80. The zero-order valence-corrected chi connectivity index (χ0v) is 11.8. The Hall–Kier alpha value is -2.25. The second-order valence-electron chi connectivity index (χ2n) is 4.55. The van der Waals surface area contributed by atoms with E-state index in [-0.39, 0.29) is 5.91 Å². The summed E-state index contributed by atoms with van der Waals surface area (Å²) < 4.78 is 3.48. The fraction of sp³-hybridized carbons (Fsp3) is 0.583. The molecule has 1 amide bonds. The largest absolute Gasteiger partial charge is 0.352 e. The highest BCUT2D eigenvalue weighted by Crippen LogP contribution is 2.05. The molecule has 2 aromatic rings. The Labute approximate surface area is 117 Å². The van der Waals surface area contributed by atoms with Crippen molar-refractivity contribution in [1.82, 2.24) is 35.3 Å². The Morgan fingerprint density at radius 1 is 1.40 bits per heavy atom. The molecule has 0 aliphatic heterocycles. The molecule has 8 nitrogen and oxygen atoms in total. The van der Waals surface area contributed by atoms with Crippen molar-refractivity contribution in [2.45, 2.75) is 46.3 Å². The lowest BCUT2D eigenvalue weighted by atomic mass is 10.2. The van der Waals surface area contributed by atoms with E-state index < -0.39 is 0 Å². The summed E-state index contributed by atoms with van der Waals surface area (Å²) in [5.74, 6) is 0.0294. The number of carbonyl (C=O) groups is 1. The predicted molar refractivity (Wildman–Crippen MR) is 71.5 cm³/mol. The molecule has 108 valence electrons. The normalized spacial score (nSPS) is 10.7. The summed E-state index contributed by atoms with van der Waals surface area (Å²) in [6, 6.07) is 0. The number of nitrogens with one attached hydrogen (secondary N) is 1. The molecule has 0 aliphatic carbocycles. The summed E-state index contributed by atoms with van der Waals surface area (Å²) in [6.45, 7) is 5.99. The van der Waals surface area contributed by atoms with Crippen LogP contribution in [-0.4, -0.2) is 35.9 Å². The predicted octanol–water partition coefficient (Wildman–Crippen LogP) is 0.295. The second kappa shape index (κ2) is 6.78. The summed E-state index contributed by atoms with van der Waals surface area (Å²) in [7, 11) is 0. The zero-order chi connectivity index (χ0) is 14.4. The van der Waals surface area contributed by atoms with Gasteiger partial charge in [-0.05, 0) is 30.7 Å². The highest BCUT2D eigenvalue weighted by molar-refractivity contribution is 5.75. The SMILES string of the molecule is CCn1cc(CNC(=O)CCCn2cnnn2)c(C)n1. The van der Waals surface area contributed by atoms with Crippen molar-refractivity contribution in [3.63, 3.8) is 0 Å². The Morgan fingerprint density at radius 2 is 2.25 bits per heavy atom. The van der Waals surface area contributed by atoms with Crippen LogP contribution in [0.3, 0.4) is 0 Å². The zero-order valence-electron chi connectivity index (χ0n) is 11.8. The number of carbonyl (C=O) groups excluding carboxylic acids is 1. The van der Waals surface area contributed by atoms with Gasteiger partial charge in [-0.3, -0.25) is 9.48 Å². The number of amides is 1. The van der Waals surface area contributed by atoms with Gasteiger partial charge in [0.15, 0.2) is 0 Å². The smallest absolute Gasteiger partial charge is 0.220 e. The first kappa shape index (κ1) is 14.2. The quantitative estimate of drug-likeness (QED) is 0.785. The van der Waals surface area contributed by atoms with Crippen molar-refractivity contribution in [1.29, 1.82) is 0 Å². The van der Waals surface area contributed by atoms with Gasteiger partial charge in [-0.15, -0.1) is 5.10 Å². The van der Waals surface area contributed by atoms with Crippen molar-refractivity contribution >= 4 is 5.91 Å². The minimum atomic E-state index is 0.0294. The van der Waals surface area contributed by atoms with Gasteiger partial charge in [-0.2, -0.15) is 5.10 Å². The number of hydrogen-bond donors (Lipinski definition) is 1. The van der Waals surface area contributed by atoms with Crippen LogP contribution in [0.2, 0.25) is 0 Å². The number of rotatable bonds is 7. The molecule has 0 saturated heterocycles. The summed E-state index contributed by atoms with van der Waals surface area (Å²) in [6.07, 6.45) is 4.68. The lowest BCUT2D eigenvalue weighted by Gasteiger charge is -2.04. The summed E-state index contributed by atoms with van der Waals surface area (Å²) in [5.41, 5.74) is 2.02. The summed E-state index contributed by atoms with van der Waals surface area (Å²) >= 11 is 0. The van der Waals surface area contributed by atoms with Crippen LogP contribution in [0.4, 0.5) is 0 Å². The lowest BCUT2D eigenvalue weighted by Crippen LogP contribution is -2.23. The van der Waals surface area contributed by atoms with Crippen molar-refractivity contribution in [2.24, 2.45) is 0 Å². The molecule has 0 atom stereocenters. The van der Waals surface area contributed by atoms with E-state index >= 15 is 0 Å². The standard InChI is InChI=1S/C12H19N7O/c1-3-18-8-11(10(2)15-18)7-13-12(20)5-4-6-19-9-14-16-17-19/h8-9H,3-7H2,1-2H3,(H,13,20). The van der Waals surface area contributed by atoms with E-state index in [1.54, 1.807) is 11.0 Å². The molecule has 1 N–H and O–H groups in total. The van der Waals surface area contributed by atoms with Gasteiger partial charge in [0.05, 0.1) is 5.69 Å². The molecule has 0 bridgehead atoms. The fourth-order valence-corrected chi connectivity index (χ4v) is 1.86. The molecule has 2 aromatic heterocycles. The number of tetrazole rings is 1. The fourth-order valence-electron chi connectivity index (χ4n) is 1.86.